The SMILES string of the molecule is CC(C)c1cc(-c2ccccc2)cc(C(C)C)c1-n1c(-c2[c-]ccc3c2oc2cc4c(cc23)Oc2ccccc2O4)nc2ccccc21.[Ir].[c-]1ccccc1-c1ccccn1. The van der Waals surface area contributed by atoms with Crippen LogP contribution in [0.25, 0.3) is 72.4 Å². The van der Waals surface area contributed by atoms with E-state index < -0.39 is 0 Å². The number of para-hydroxylation sites is 4. The van der Waals surface area contributed by atoms with E-state index in [1.807, 2.05) is 91.0 Å². The first-order chi connectivity index (χ1) is 29.4. The van der Waals surface area contributed by atoms with Gasteiger partial charge in [0.2, 0.25) is 0 Å². The van der Waals surface area contributed by atoms with Crippen LogP contribution in [0.4, 0.5) is 0 Å². The molecule has 1 aliphatic heterocycles. The third-order valence-corrected chi connectivity index (χ3v) is 11.0. The van der Waals surface area contributed by atoms with Gasteiger partial charge >= 0.3 is 0 Å². The average Bonchev–Trinajstić information content (AvgIpc) is 3.86. The number of nitrogens with zero attached hydrogens (tertiary/aromatic N) is 3. The Morgan fingerprint density at radius 2 is 1.25 bits per heavy atom. The predicted molar refractivity (Wildman–Crippen MR) is 241 cm³/mol. The summed E-state index contributed by atoms with van der Waals surface area (Å²) in [6.07, 6.45) is 1.79. The Morgan fingerprint density at radius 1 is 0.574 bits per heavy atom. The van der Waals surface area contributed by atoms with E-state index in [9.17, 15) is 0 Å². The molecule has 4 heterocycles. The molecule has 0 fully saturated rings. The molecule has 7 aromatic carbocycles. The molecule has 0 aliphatic carbocycles. The fourth-order valence-corrected chi connectivity index (χ4v) is 8.04. The average molecular weight is 972 g/mol. The number of pyridine rings is 1. The maximum atomic E-state index is 6.69. The Morgan fingerprint density at radius 3 is 1.93 bits per heavy atom. The summed E-state index contributed by atoms with van der Waals surface area (Å²) < 4.78 is 21.5. The van der Waals surface area contributed by atoms with Crippen LogP contribution in [-0.2, 0) is 20.1 Å². The molecule has 0 saturated heterocycles. The molecule has 0 bridgehead atoms. The molecule has 0 saturated carbocycles. The molecule has 1 aliphatic rings. The van der Waals surface area contributed by atoms with Crippen LogP contribution in [0.15, 0.2) is 168 Å². The minimum Gasteiger partial charge on any atom is -0.500 e. The van der Waals surface area contributed by atoms with Crippen molar-refractivity contribution in [2.24, 2.45) is 0 Å². The first kappa shape index (κ1) is 39.7. The van der Waals surface area contributed by atoms with E-state index in [0.717, 1.165) is 50.0 Å². The number of rotatable bonds is 6. The van der Waals surface area contributed by atoms with Gasteiger partial charge in [-0.1, -0.05) is 105 Å². The summed E-state index contributed by atoms with van der Waals surface area (Å²) in [5.74, 6) is 3.98. The van der Waals surface area contributed by atoms with Crippen molar-refractivity contribution in [2.75, 3.05) is 0 Å². The van der Waals surface area contributed by atoms with Crippen molar-refractivity contribution in [2.45, 2.75) is 39.5 Å². The van der Waals surface area contributed by atoms with Crippen LogP contribution in [0.2, 0.25) is 0 Å². The smallest absolute Gasteiger partial charge is 0.173 e. The van der Waals surface area contributed by atoms with Crippen molar-refractivity contribution in [3.8, 4) is 62.5 Å². The van der Waals surface area contributed by atoms with Gasteiger partial charge in [-0.25, -0.2) is 0 Å². The minimum atomic E-state index is 0. The molecule has 7 heteroatoms. The quantitative estimate of drug-likeness (QED) is 0.155. The molecule has 11 rings (SSSR count). The van der Waals surface area contributed by atoms with Gasteiger partial charge in [0, 0.05) is 43.4 Å². The molecule has 1 radical (unpaired) electrons. The molecule has 61 heavy (non-hydrogen) atoms. The van der Waals surface area contributed by atoms with Gasteiger partial charge in [0.25, 0.3) is 0 Å². The van der Waals surface area contributed by atoms with Crippen LogP contribution >= 0.6 is 0 Å². The fraction of sp³-hybridized carbons (Fsp3) is 0.111. The van der Waals surface area contributed by atoms with Gasteiger partial charge in [-0.2, -0.15) is 0 Å². The molecule has 0 spiro atoms. The topological polar surface area (TPSA) is 62.3 Å². The molecule has 0 N–H and O–H groups in total. The van der Waals surface area contributed by atoms with Gasteiger partial charge in [0.1, 0.15) is 5.58 Å². The molecule has 0 unspecified atom stereocenters. The van der Waals surface area contributed by atoms with E-state index in [1.54, 1.807) is 6.20 Å². The number of hydrogen-bond acceptors (Lipinski definition) is 5. The zero-order chi connectivity index (χ0) is 40.7. The zero-order valence-corrected chi connectivity index (χ0v) is 36.5. The normalized spacial score (nSPS) is 11.7. The zero-order valence-electron chi connectivity index (χ0n) is 34.1. The van der Waals surface area contributed by atoms with E-state index in [4.69, 9.17) is 18.9 Å². The fourth-order valence-electron chi connectivity index (χ4n) is 8.04. The number of benzene rings is 7. The predicted octanol–water partition coefficient (Wildman–Crippen LogP) is 14.8. The molecule has 10 aromatic rings. The standard InChI is InChI=1S/C43H33N2O3.C11H8N.Ir/c1-25(2)31-21-28(27-13-6-5-7-14-27)22-32(26(3)4)41(31)45-35-18-9-8-17-34(35)44-43(45)30-16-12-15-29-33-23-39-40(24-38(33)48-42(29)30)47-37-20-11-10-19-36(37)46-39;1-2-6-10(7-3-1)11-8-4-5-9-12-11;/h5-15,17-26H,1-4H3;1-6,8-9H;/q2*-1;. The maximum Gasteiger partial charge on any atom is 0.173 e. The molecular formula is C54H41IrN3O3-2. The van der Waals surface area contributed by atoms with Crippen LogP contribution in [0.3, 0.4) is 0 Å². The monoisotopic (exact) mass is 972 g/mol. The van der Waals surface area contributed by atoms with E-state index in [1.165, 1.54) is 27.9 Å². The molecular weight excluding hydrogens is 931 g/mol. The maximum absolute atomic E-state index is 6.69. The van der Waals surface area contributed by atoms with E-state index in [0.29, 0.717) is 28.6 Å². The van der Waals surface area contributed by atoms with Gasteiger partial charge in [-0.3, -0.25) is 4.98 Å². The minimum absolute atomic E-state index is 0. The van der Waals surface area contributed by atoms with Gasteiger partial charge < -0.3 is 23.4 Å². The van der Waals surface area contributed by atoms with Crippen molar-refractivity contribution in [3.05, 3.63) is 187 Å². The number of hydrogen-bond donors (Lipinski definition) is 0. The van der Waals surface area contributed by atoms with Crippen molar-refractivity contribution >= 4 is 33.0 Å². The van der Waals surface area contributed by atoms with Crippen LogP contribution in [0.1, 0.15) is 50.7 Å². The molecule has 3 aromatic heterocycles. The number of furan rings is 1. The van der Waals surface area contributed by atoms with Crippen molar-refractivity contribution < 1.29 is 34.0 Å². The second-order valence-corrected chi connectivity index (χ2v) is 15.6. The Balaban J connectivity index is 0.000000316. The summed E-state index contributed by atoms with van der Waals surface area (Å²) in [6.45, 7) is 9.08. The third kappa shape index (κ3) is 7.41. The van der Waals surface area contributed by atoms with Crippen LogP contribution < -0.4 is 9.47 Å². The molecule has 301 valence electrons. The van der Waals surface area contributed by atoms with Crippen molar-refractivity contribution in [3.63, 3.8) is 0 Å². The van der Waals surface area contributed by atoms with Crippen molar-refractivity contribution in [1.82, 2.24) is 14.5 Å². The first-order valence-corrected chi connectivity index (χ1v) is 20.4. The summed E-state index contributed by atoms with van der Waals surface area (Å²) in [7, 11) is 0. The van der Waals surface area contributed by atoms with Gasteiger partial charge in [0.15, 0.2) is 23.0 Å². The summed E-state index contributed by atoms with van der Waals surface area (Å²) in [5.41, 5.74) is 12.3. The van der Waals surface area contributed by atoms with E-state index in [-0.39, 0.29) is 31.9 Å². The van der Waals surface area contributed by atoms with Gasteiger partial charge in [0.05, 0.1) is 22.4 Å². The van der Waals surface area contributed by atoms with Crippen LogP contribution in [0.5, 0.6) is 23.0 Å². The molecule has 0 atom stereocenters. The molecule has 6 nitrogen and oxygen atoms in total. The first-order valence-electron chi connectivity index (χ1n) is 20.4. The Hall–Kier alpha value is -6.79. The summed E-state index contributed by atoms with van der Waals surface area (Å²) in [5, 5.41) is 1.91. The third-order valence-electron chi connectivity index (χ3n) is 11.0. The second-order valence-electron chi connectivity index (χ2n) is 15.6. The van der Waals surface area contributed by atoms with E-state index in [2.05, 4.69) is 116 Å². The van der Waals surface area contributed by atoms with Crippen LogP contribution in [0, 0.1) is 12.1 Å². The summed E-state index contributed by atoms with van der Waals surface area (Å²) in [4.78, 5) is 9.51. The second kappa shape index (κ2) is 16.7. The van der Waals surface area contributed by atoms with Gasteiger partial charge in [-0.15, -0.1) is 54.1 Å². The largest absolute Gasteiger partial charge is 0.500 e. The number of imidazole rings is 1. The summed E-state index contributed by atoms with van der Waals surface area (Å²) >= 11 is 0. The Bertz CT molecular complexity index is 3090. The van der Waals surface area contributed by atoms with Crippen molar-refractivity contribution in [1.29, 1.82) is 0 Å². The van der Waals surface area contributed by atoms with E-state index >= 15 is 0 Å². The Labute approximate surface area is 368 Å². The summed E-state index contributed by atoms with van der Waals surface area (Å²) in [6, 6.07) is 59.7. The number of aromatic nitrogens is 3. The number of fused-ring (bicyclic) bond motifs is 6. The van der Waals surface area contributed by atoms with Crippen LogP contribution in [-0.4, -0.2) is 14.5 Å². The van der Waals surface area contributed by atoms with Gasteiger partial charge in [-0.05, 0) is 88.3 Å². The molecule has 0 amide bonds. The number of ether oxygens (including phenoxy) is 2. The Kier molecular flexibility index (Phi) is 10.9.